The zero-order chi connectivity index (χ0) is 10.7. The van der Waals surface area contributed by atoms with Crippen molar-refractivity contribution in [3.63, 3.8) is 0 Å². The SMILES string of the molecule is Cc1cccc(C(O)C(C)C#N)c1C. The van der Waals surface area contributed by atoms with Gasteiger partial charge in [0.25, 0.3) is 0 Å². The van der Waals surface area contributed by atoms with E-state index in [4.69, 9.17) is 5.26 Å². The summed E-state index contributed by atoms with van der Waals surface area (Å²) in [6.07, 6.45) is -0.681. The first kappa shape index (κ1) is 10.7. The first-order chi connectivity index (χ1) is 6.57. The van der Waals surface area contributed by atoms with Crippen molar-refractivity contribution in [3.8, 4) is 6.07 Å². The third-order valence-electron chi connectivity index (χ3n) is 2.64. The molecule has 1 aromatic carbocycles. The molecule has 0 saturated carbocycles. The Labute approximate surface area is 84.8 Å². The highest BCUT2D eigenvalue weighted by Crippen LogP contribution is 2.25. The molecule has 2 atom stereocenters. The van der Waals surface area contributed by atoms with Crippen molar-refractivity contribution in [1.82, 2.24) is 0 Å². The second kappa shape index (κ2) is 4.26. The third kappa shape index (κ3) is 1.94. The summed E-state index contributed by atoms with van der Waals surface area (Å²) >= 11 is 0. The maximum Gasteiger partial charge on any atom is 0.0948 e. The smallest absolute Gasteiger partial charge is 0.0948 e. The molecular formula is C12H15NO. The van der Waals surface area contributed by atoms with Gasteiger partial charge in [-0.3, -0.25) is 0 Å². The number of aryl methyl sites for hydroxylation is 1. The monoisotopic (exact) mass is 189 g/mol. The van der Waals surface area contributed by atoms with Gasteiger partial charge in [0.15, 0.2) is 0 Å². The van der Waals surface area contributed by atoms with E-state index in [0.29, 0.717) is 0 Å². The summed E-state index contributed by atoms with van der Waals surface area (Å²) in [7, 11) is 0. The first-order valence-electron chi connectivity index (χ1n) is 4.71. The fourth-order valence-electron chi connectivity index (χ4n) is 1.43. The van der Waals surface area contributed by atoms with Crippen molar-refractivity contribution in [3.05, 3.63) is 34.9 Å². The third-order valence-corrected chi connectivity index (χ3v) is 2.64. The van der Waals surface area contributed by atoms with Crippen LogP contribution >= 0.6 is 0 Å². The fraction of sp³-hybridized carbons (Fsp3) is 0.417. The van der Waals surface area contributed by atoms with Gasteiger partial charge in [0.2, 0.25) is 0 Å². The van der Waals surface area contributed by atoms with Crippen LogP contribution in [0.5, 0.6) is 0 Å². The van der Waals surface area contributed by atoms with Gasteiger partial charge < -0.3 is 5.11 Å². The number of hydrogen-bond donors (Lipinski definition) is 1. The molecule has 2 nitrogen and oxygen atoms in total. The molecule has 0 aromatic heterocycles. The van der Waals surface area contributed by atoms with E-state index < -0.39 is 6.10 Å². The van der Waals surface area contributed by atoms with E-state index in [2.05, 4.69) is 6.07 Å². The molecule has 0 saturated heterocycles. The van der Waals surface area contributed by atoms with Crippen molar-refractivity contribution in [2.24, 2.45) is 5.92 Å². The Morgan fingerprint density at radius 1 is 1.36 bits per heavy atom. The molecule has 0 fully saturated rings. The van der Waals surface area contributed by atoms with Gasteiger partial charge in [-0.25, -0.2) is 0 Å². The summed E-state index contributed by atoms with van der Waals surface area (Å²) in [6.45, 7) is 5.70. The van der Waals surface area contributed by atoms with Gasteiger partial charge in [0, 0.05) is 0 Å². The van der Waals surface area contributed by atoms with Crippen LogP contribution in [0, 0.1) is 31.1 Å². The van der Waals surface area contributed by atoms with Crippen LogP contribution in [0.2, 0.25) is 0 Å². The summed E-state index contributed by atoms with van der Waals surface area (Å²) < 4.78 is 0. The number of nitriles is 1. The summed E-state index contributed by atoms with van der Waals surface area (Å²) in [4.78, 5) is 0. The predicted molar refractivity (Wildman–Crippen MR) is 55.7 cm³/mol. The Balaban J connectivity index is 3.08. The van der Waals surface area contributed by atoms with Gasteiger partial charge in [-0.15, -0.1) is 0 Å². The second-order valence-corrected chi connectivity index (χ2v) is 3.65. The zero-order valence-corrected chi connectivity index (χ0v) is 8.78. The van der Waals surface area contributed by atoms with E-state index in [1.807, 2.05) is 32.0 Å². The Kier molecular flexibility index (Phi) is 3.27. The Bertz CT molecular complexity index is 365. The highest BCUT2D eigenvalue weighted by atomic mass is 16.3. The lowest BCUT2D eigenvalue weighted by Gasteiger charge is -2.16. The van der Waals surface area contributed by atoms with Crippen LogP contribution < -0.4 is 0 Å². The number of aliphatic hydroxyl groups is 1. The highest BCUT2D eigenvalue weighted by molar-refractivity contribution is 5.35. The Morgan fingerprint density at radius 3 is 2.57 bits per heavy atom. The molecule has 0 radical (unpaired) electrons. The molecule has 0 aliphatic rings. The molecule has 1 aromatic rings. The van der Waals surface area contributed by atoms with Crippen molar-refractivity contribution < 1.29 is 5.11 Å². The number of benzene rings is 1. The zero-order valence-electron chi connectivity index (χ0n) is 8.78. The standard InChI is InChI=1S/C12H15NO/c1-8-5-4-6-11(10(8)3)12(14)9(2)7-13/h4-6,9,12,14H,1-3H3. The van der Waals surface area contributed by atoms with E-state index in [9.17, 15) is 5.11 Å². The Morgan fingerprint density at radius 2 is 2.00 bits per heavy atom. The minimum absolute atomic E-state index is 0.365. The molecule has 0 aliphatic carbocycles. The average molecular weight is 189 g/mol. The molecule has 2 heteroatoms. The average Bonchev–Trinajstić information content (AvgIpc) is 2.20. The van der Waals surface area contributed by atoms with Crippen LogP contribution in [0.4, 0.5) is 0 Å². The summed E-state index contributed by atoms with van der Waals surface area (Å²) in [5.41, 5.74) is 3.08. The van der Waals surface area contributed by atoms with E-state index in [1.54, 1.807) is 6.92 Å². The molecule has 0 aliphatic heterocycles. The van der Waals surface area contributed by atoms with E-state index in [1.165, 1.54) is 0 Å². The van der Waals surface area contributed by atoms with Crippen molar-refractivity contribution in [1.29, 1.82) is 5.26 Å². The van der Waals surface area contributed by atoms with Crippen LogP contribution in [0.15, 0.2) is 18.2 Å². The minimum atomic E-state index is -0.681. The number of hydrogen-bond acceptors (Lipinski definition) is 2. The lowest BCUT2D eigenvalue weighted by Crippen LogP contribution is -2.09. The first-order valence-corrected chi connectivity index (χ1v) is 4.71. The topological polar surface area (TPSA) is 44.0 Å². The Hall–Kier alpha value is -1.33. The predicted octanol–water partition coefficient (Wildman–Crippen LogP) is 2.50. The maximum absolute atomic E-state index is 9.87. The maximum atomic E-state index is 9.87. The lowest BCUT2D eigenvalue weighted by atomic mass is 9.93. The van der Waals surface area contributed by atoms with E-state index >= 15 is 0 Å². The molecular weight excluding hydrogens is 174 g/mol. The van der Waals surface area contributed by atoms with Gasteiger partial charge in [-0.2, -0.15) is 5.26 Å². The molecule has 0 amide bonds. The van der Waals surface area contributed by atoms with Gasteiger partial charge in [0.1, 0.15) is 0 Å². The number of rotatable bonds is 2. The number of nitrogens with zero attached hydrogens (tertiary/aromatic N) is 1. The normalized spacial score (nSPS) is 14.5. The van der Waals surface area contributed by atoms with Crippen molar-refractivity contribution in [2.45, 2.75) is 26.9 Å². The second-order valence-electron chi connectivity index (χ2n) is 3.65. The van der Waals surface area contributed by atoms with Crippen LogP contribution in [0.1, 0.15) is 29.7 Å². The highest BCUT2D eigenvalue weighted by Gasteiger charge is 2.17. The lowest BCUT2D eigenvalue weighted by molar-refractivity contribution is 0.142. The molecule has 1 rings (SSSR count). The van der Waals surface area contributed by atoms with Crippen LogP contribution in [-0.4, -0.2) is 5.11 Å². The summed E-state index contributed by atoms with van der Waals surface area (Å²) in [6, 6.07) is 7.85. The van der Waals surface area contributed by atoms with E-state index in [0.717, 1.165) is 16.7 Å². The van der Waals surface area contributed by atoms with Crippen LogP contribution in [-0.2, 0) is 0 Å². The summed E-state index contributed by atoms with van der Waals surface area (Å²) in [5.74, 6) is -0.365. The molecule has 74 valence electrons. The van der Waals surface area contributed by atoms with Gasteiger partial charge in [0.05, 0.1) is 18.1 Å². The summed E-state index contributed by atoms with van der Waals surface area (Å²) in [5, 5.41) is 18.6. The largest absolute Gasteiger partial charge is 0.387 e. The van der Waals surface area contributed by atoms with Crippen molar-refractivity contribution >= 4 is 0 Å². The van der Waals surface area contributed by atoms with Crippen LogP contribution in [0.3, 0.4) is 0 Å². The van der Waals surface area contributed by atoms with Crippen molar-refractivity contribution in [2.75, 3.05) is 0 Å². The quantitative estimate of drug-likeness (QED) is 0.776. The molecule has 0 spiro atoms. The molecule has 14 heavy (non-hydrogen) atoms. The molecule has 1 N–H and O–H groups in total. The molecule has 0 heterocycles. The van der Waals surface area contributed by atoms with Gasteiger partial charge in [-0.1, -0.05) is 18.2 Å². The van der Waals surface area contributed by atoms with E-state index in [-0.39, 0.29) is 5.92 Å². The van der Waals surface area contributed by atoms with Gasteiger partial charge >= 0.3 is 0 Å². The fourth-order valence-corrected chi connectivity index (χ4v) is 1.43. The molecule has 2 unspecified atom stereocenters. The molecule has 0 bridgehead atoms. The number of aliphatic hydroxyl groups excluding tert-OH is 1. The minimum Gasteiger partial charge on any atom is -0.387 e. The van der Waals surface area contributed by atoms with Gasteiger partial charge in [-0.05, 0) is 37.5 Å². The van der Waals surface area contributed by atoms with Crippen LogP contribution in [0.25, 0.3) is 0 Å².